The van der Waals surface area contributed by atoms with Gasteiger partial charge >= 0.3 is 5.97 Å². The second-order valence-corrected chi connectivity index (χ2v) is 11.5. The van der Waals surface area contributed by atoms with E-state index in [4.69, 9.17) is 4.74 Å². The van der Waals surface area contributed by atoms with E-state index in [1.165, 1.54) is 44.2 Å². The Morgan fingerprint density at radius 1 is 0.900 bits per heavy atom. The van der Waals surface area contributed by atoms with Gasteiger partial charge in [0.05, 0.1) is 6.61 Å². The van der Waals surface area contributed by atoms with E-state index in [-0.39, 0.29) is 23.7 Å². The Balaban J connectivity index is 1.60. The number of benzene rings is 2. The highest BCUT2D eigenvalue weighted by Gasteiger charge is 2.48. The highest BCUT2D eigenvalue weighted by atomic mass is 19.2. The van der Waals surface area contributed by atoms with E-state index in [9.17, 15) is 18.7 Å². The average Bonchev–Trinajstić information content (AvgIpc) is 2.97. The fourth-order valence-corrected chi connectivity index (χ4v) is 6.06. The third kappa shape index (κ3) is 8.50. The van der Waals surface area contributed by atoms with Crippen LogP contribution in [-0.4, -0.2) is 23.4 Å². The first-order valence-corrected chi connectivity index (χ1v) is 15.4. The number of aliphatic carboxylic acids is 1. The van der Waals surface area contributed by atoms with Gasteiger partial charge in [-0.3, -0.25) is 0 Å². The molecule has 3 nitrogen and oxygen atoms in total. The zero-order valence-corrected chi connectivity index (χ0v) is 24.3. The van der Waals surface area contributed by atoms with Crippen LogP contribution in [0.1, 0.15) is 122 Å². The molecular formula is C34H47F3O3. The number of carboxylic acids is 1. The van der Waals surface area contributed by atoms with Crippen LogP contribution >= 0.6 is 0 Å². The zero-order valence-electron chi connectivity index (χ0n) is 24.3. The van der Waals surface area contributed by atoms with Crippen molar-refractivity contribution >= 4 is 5.97 Å². The number of carbonyl (C=O) groups is 1. The largest absolute Gasteiger partial charge is 0.490 e. The van der Waals surface area contributed by atoms with Crippen LogP contribution in [0.25, 0.3) is 11.1 Å². The molecule has 0 radical (unpaired) electrons. The highest BCUT2D eigenvalue weighted by molar-refractivity contribution is 5.78. The van der Waals surface area contributed by atoms with Gasteiger partial charge in [0, 0.05) is 11.5 Å². The van der Waals surface area contributed by atoms with E-state index in [2.05, 4.69) is 6.92 Å². The Morgan fingerprint density at radius 2 is 1.52 bits per heavy atom. The number of hydrogen-bond donors (Lipinski definition) is 1. The third-order valence-electron chi connectivity index (χ3n) is 8.64. The molecule has 2 aromatic carbocycles. The van der Waals surface area contributed by atoms with Gasteiger partial charge in [0.1, 0.15) is 0 Å². The summed E-state index contributed by atoms with van der Waals surface area (Å²) in [4.78, 5) is 12.0. The second-order valence-electron chi connectivity index (χ2n) is 11.5. The molecule has 0 aromatic heterocycles. The number of halogens is 3. The van der Waals surface area contributed by atoms with Gasteiger partial charge in [0.25, 0.3) is 0 Å². The molecule has 0 bridgehead atoms. The van der Waals surface area contributed by atoms with E-state index in [0.29, 0.717) is 31.4 Å². The molecule has 0 aliphatic heterocycles. The van der Waals surface area contributed by atoms with Crippen molar-refractivity contribution in [2.75, 3.05) is 6.61 Å². The smallest absolute Gasteiger partial charge is 0.341 e. The van der Waals surface area contributed by atoms with Crippen LogP contribution in [0.15, 0.2) is 36.4 Å². The molecule has 1 aliphatic rings. The Hall–Kier alpha value is -2.50. The summed E-state index contributed by atoms with van der Waals surface area (Å²) in [6.45, 7) is 4.47. The minimum atomic E-state index is -2.26. The van der Waals surface area contributed by atoms with Crippen molar-refractivity contribution in [3.05, 3.63) is 53.6 Å². The van der Waals surface area contributed by atoms with Gasteiger partial charge in [0.15, 0.2) is 11.6 Å². The lowest BCUT2D eigenvalue weighted by atomic mass is 9.72. The Morgan fingerprint density at radius 3 is 2.12 bits per heavy atom. The Bertz CT molecular complexity index is 1050. The fraction of sp³-hybridized carbons (Fsp3) is 0.618. The first-order chi connectivity index (χ1) is 19.3. The molecule has 3 rings (SSSR count). The lowest BCUT2D eigenvalue weighted by Crippen LogP contribution is -2.43. The molecule has 40 heavy (non-hydrogen) atoms. The first-order valence-electron chi connectivity index (χ1n) is 15.4. The molecule has 2 aromatic rings. The molecule has 1 N–H and O–H groups in total. The molecule has 1 fully saturated rings. The van der Waals surface area contributed by atoms with Crippen LogP contribution in [0.5, 0.6) is 5.75 Å². The summed E-state index contributed by atoms with van der Waals surface area (Å²) in [6, 6.07) is 9.92. The number of ether oxygens (including phenoxy) is 1. The first kappa shape index (κ1) is 32.0. The summed E-state index contributed by atoms with van der Waals surface area (Å²) in [6.07, 6.45) is 13.6. The number of alkyl halides is 1. The predicted molar refractivity (Wildman–Crippen MR) is 156 cm³/mol. The minimum absolute atomic E-state index is 0.0810. The summed E-state index contributed by atoms with van der Waals surface area (Å²) in [7, 11) is 0. The molecule has 1 unspecified atom stereocenters. The molecule has 0 spiro atoms. The highest BCUT2D eigenvalue weighted by Crippen LogP contribution is 2.43. The molecule has 6 heteroatoms. The molecular weight excluding hydrogens is 513 g/mol. The standard InChI is InChI=1S/C34H47F3O3/c1-3-5-6-7-8-9-10-14-23-40-30-22-21-29(31(35)32(30)36)27-19-17-26(18-20-27)25(4-2)24-34(37,33(38)39)28-15-12-11-13-16-28/h17-22,25,28H,3-16,23-24H2,1-2H3,(H,38,39)/t25?,34-/m0/s1. The summed E-state index contributed by atoms with van der Waals surface area (Å²) < 4.78 is 51.2. The summed E-state index contributed by atoms with van der Waals surface area (Å²) in [5.41, 5.74) is -0.832. The summed E-state index contributed by atoms with van der Waals surface area (Å²) in [5, 5.41) is 9.81. The van der Waals surface area contributed by atoms with Crippen molar-refractivity contribution in [1.29, 1.82) is 0 Å². The molecule has 2 atom stereocenters. The van der Waals surface area contributed by atoms with Crippen LogP contribution in [0.2, 0.25) is 0 Å². The van der Waals surface area contributed by atoms with Gasteiger partial charge in [-0.25, -0.2) is 13.6 Å². The minimum Gasteiger partial charge on any atom is -0.490 e. The molecule has 1 aliphatic carbocycles. The van der Waals surface area contributed by atoms with Crippen molar-refractivity contribution in [3.63, 3.8) is 0 Å². The van der Waals surface area contributed by atoms with Gasteiger partial charge in [-0.2, -0.15) is 4.39 Å². The van der Waals surface area contributed by atoms with Crippen molar-refractivity contribution in [1.82, 2.24) is 0 Å². The van der Waals surface area contributed by atoms with Crippen molar-refractivity contribution in [2.45, 2.75) is 122 Å². The topological polar surface area (TPSA) is 46.5 Å². The second kappa shape index (κ2) is 16.1. The lowest BCUT2D eigenvalue weighted by molar-refractivity contribution is -0.157. The normalized spacial score (nSPS) is 16.4. The van der Waals surface area contributed by atoms with Gasteiger partial charge < -0.3 is 9.84 Å². The zero-order chi connectivity index (χ0) is 29.0. The van der Waals surface area contributed by atoms with E-state index in [1.807, 2.05) is 6.92 Å². The SMILES string of the molecule is CCCCCCCCCCOc1ccc(-c2ccc(C(CC)C[C@@](F)(C(=O)O)C3CCCCC3)cc2)c(F)c1F. The third-order valence-corrected chi connectivity index (χ3v) is 8.64. The van der Waals surface area contributed by atoms with Crippen LogP contribution in [-0.2, 0) is 4.79 Å². The predicted octanol–water partition coefficient (Wildman–Crippen LogP) is 10.4. The molecule has 0 amide bonds. The van der Waals surface area contributed by atoms with E-state index >= 15 is 4.39 Å². The average molecular weight is 561 g/mol. The van der Waals surface area contributed by atoms with Gasteiger partial charge in [-0.1, -0.05) is 102 Å². The molecule has 0 heterocycles. The monoisotopic (exact) mass is 560 g/mol. The Labute approximate surface area is 238 Å². The van der Waals surface area contributed by atoms with Gasteiger partial charge in [-0.15, -0.1) is 0 Å². The number of rotatable bonds is 17. The molecule has 1 saturated carbocycles. The summed E-state index contributed by atoms with van der Waals surface area (Å²) in [5.74, 6) is -4.17. The van der Waals surface area contributed by atoms with Crippen molar-refractivity contribution in [3.8, 4) is 16.9 Å². The Kier molecular flexibility index (Phi) is 12.9. The van der Waals surface area contributed by atoms with Crippen LogP contribution in [0, 0.1) is 17.6 Å². The fourth-order valence-electron chi connectivity index (χ4n) is 6.06. The number of hydrogen-bond acceptors (Lipinski definition) is 2. The van der Waals surface area contributed by atoms with Crippen molar-refractivity contribution < 1.29 is 27.8 Å². The number of unbranched alkanes of at least 4 members (excludes halogenated alkanes) is 7. The van der Waals surface area contributed by atoms with Crippen LogP contribution in [0.4, 0.5) is 13.2 Å². The van der Waals surface area contributed by atoms with Crippen LogP contribution in [0.3, 0.4) is 0 Å². The summed E-state index contributed by atoms with van der Waals surface area (Å²) >= 11 is 0. The van der Waals surface area contributed by atoms with Gasteiger partial charge in [-0.05, 0) is 61.3 Å². The number of carboxylic acid groups (broad SMARTS) is 1. The van der Waals surface area contributed by atoms with E-state index < -0.39 is 29.2 Å². The van der Waals surface area contributed by atoms with E-state index in [0.717, 1.165) is 44.1 Å². The van der Waals surface area contributed by atoms with E-state index in [1.54, 1.807) is 24.3 Å². The maximum atomic E-state index is 15.9. The van der Waals surface area contributed by atoms with Gasteiger partial charge in [0.2, 0.25) is 11.5 Å². The maximum absolute atomic E-state index is 15.9. The quantitative estimate of drug-likeness (QED) is 0.196. The molecule has 222 valence electrons. The van der Waals surface area contributed by atoms with Crippen molar-refractivity contribution in [2.24, 2.45) is 5.92 Å². The van der Waals surface area contributed by atoms with Crippen LogP contribution < -0.4 is 4.74 Å². The lowest BCUT2D eigenvalue weighted by Gasteiger charge is -2.35. The maximum Gasteiger partial charge on any atom is 0.341 e. The molecule has 0 saturated heterocycles.